The van der Waals surface area contributed by atoms with Crippen molar-refractivity contribution in [1.29, 1.82) is 0 Å². The zero-order valence-corrected chi connectivity index (χ0v) is 18.5. The van der Waals surface area contributed by atoms with Crippen molar-refractivity contribution in [3.63, 3.8) is 0 Å². The Hall–Kier alpha value is -2.67. The fourth-order valence-corrected chi connectivity index (χ4v) is 4.26. The van der Waals surface area contributed by atoms with Gasteiger partial charge in [0, 0.05) is 12.8 Å². The number of aliphatic imine (C=N–C) groups is 1. The molecule has 178 valence electrons. The van der Waals surface area contributed by atoms with Gasteiger partial charge < -0.3 is 4.74 Å². The summed E-state index contributed by atoms with van der Waals surface area (Å²) in [5, 5.41) is -0.203. The Balaban J connectivity index is 1.93. The van der Waals surface area contributed by atoms with Gasteiger partial charge in [0.2, 0.25) is 17.7 Å². The minimum absolute atomic E-state index is 0.0359. The number of benzene rings is 1. The summed E-state index contributed by atoms with van der Waals surface area (Å²) in [4.78, 5) is 54.0. The van der Waals surface area contributed by atoms with Crippen LogP contribution >= 0.6 is 23.4 Å². The molecule has 0 spiro atoms. The molecule has 0 N–H and O–H groups in total. The third-order valence-electron chi connectivity index (χ3n) is 4.73. The fraction of sp³-hybridized carbons (Fsp3) is 0.421. The Bertz CT molecular complexity index is 1030. The molecule has 2 aliphatic heterocycles. The van der Waals surface area contributed by atoms with Crippen LogP contribution < -0.4 is 4.90 Å². The normalized spacial score (nSPS) is 19.1. The molecule has 14 heteroatoms. The number of halogens is 5. The molecule has 1 aromatic carbocycles. The van der Waals surface area contributed by atoms with Crippen molar-refractivity contribution in [2.24, 2.45) is 10.9 Å². The van der Waals surface area contributed by atoms with Gasteiger partial charge >= 0.3 is 12.1 Å². The predicted octanol–water partition coefficient (Wildman–Crippen LogP) is 3.44. The zero-order chi connectivity index (χ0) is 24.5. The van der Waals surface area contributed by atoms with Gasteiger partial charge in [-0.1, -0.05) is 23.4 Å². The standard InChI is InChI=1S/C19H16ClF4N3O5S/c1-2-32-17(31)7-26-16(30)8-33-18(26)25-12-6-13(11(21)5-10(12)20)27-14(28)3-9(4-15(27)29)19(22,23)24/h5-6,9H,2-4,7-8H2,1H3/b25-18-. The largest absolute Gasteiger partial charge is 0.465 e. The Morgan fingerprint density at radius 1 is 1.21 bits per heavy atom. The van der Waals surface area contributed by atoms with E-state index in [1.54, 1.807) is 6.92 Å². The van der Waals surface area contributed by atoms with Crippen molar-refractivity contribution in [2.45, 2.75) is 25.9 Å². The zero-order valence-electron chi connectivity index (χ0n) is 16.9. The third-order valence-corrected chi connectivity index (χ3v) is 5.99. The van der Waals surface area contributed by atoms with E-state index in [1.807, 2.05) is 0 Å². The number of ether oxygens (including phenoxy) is 1. The van der Waals surface area contributed by atoms with Crippen LogP contribution in [0.5, 0.6) is 0 Å². The summed E-state index contributed by atoms with van der Waals surface area (Å²) in [6.45, 7) is 1.26. The van der Waals surface area contributed by atoms with E-state index in [0.29, 0.717) is 4.90 Å². The first-order chi connectivity index (χ1) is 15.4. The Labute approximate surface area is 193 Å². The van der Waals surface area contributed by atoms with E-state index in [0.717, 1.165) is 28.8 Å². The number of anilines is 1. The lowest BCUT2D eigenvalue weighted by molar-refractivity contribution is -0.185. The maximum absolute atomic E-state index is 14.6. The molecule has 2 aliphatic rings. The van der Waals surface area contributed by atoms with Gasteiger partial charge in [-0.25, -0.2) is 14.3 Å². The summed E-state index contributed by atoms with van der Waals surface area (Å²) in [7, 11) is 0. The summed E-state index contributed by atoms with van der Waals surface area (Å²) in [5.74, 6) is -6.87. The maximum Gasteiger partial charge on any atom is 0.392 e. The van der Waals surface area contributed by atoms with Gasteiger partial charge in [0.05, 0.1) is 34.7 Å². The lowest BCUT2D eigenvalue weighted by atomic mass is 9.94. The number of hydrogen-bond acceptors (Lipinski definition) is 7. The van der Waals surface area contributed by atoms with Crippen molar-refractivity contribution in [3.05, 3.63) is 23.0 Å². The number of nitrogens with zero attached hydrogens (tertiary/aromatic N) is 3. The van der Waals surface area contributed by atoms with Gasteiger partial charge in [-0.3, -0.25) is 24.1 Å². The number of piperidine rings is 1. The second kappa shape index (κ2) is 9.67. The molecule has 1 aromatic rings. The highest BCUT2D eigenvalue weighted by atomic mass is 35.5. The Kier molecular flexibility index (Phi) is 7.32. The Morgan fingerprint density at radius 3 is 2.42 bits per heavy atom. The first kappa shape index (κ1) is 25.0. The van der Waals surface area contributed by atoms with Crippen molar-refractivity contribution >= 4 is 63.6 Å². The molecule has 3 rings (SSSR count). The highest BCUT2D eigenvalue weighted by molar-refractivity contribution is 8.15. The Morgan fingerprint density at radius 2 is 1.85 bits per heavy atom. The maximum atomic E-state index is 14.6. The molecule has 0 aromatic heterocycles. The van der Waals surface area contributed by atoms with Crippen LogP contribution in [-0.4, -0.2) is 58.8 Å². The molecule has 0 saturated carbocycles. The summed E-state index contributed by atoms with van der Waals surface area (Å²) >= 11 is 6.99. The molecule has 0 aliphatic carbocycles. The lowest BCUT2D eigenvalue weighted by Gasteiger charge is -2.31. The van der Waals surface area contributed by atoms with Crippen LogP contribution in [0.15, 0.2) is 17.1 Å². The first-order valence-electron chi connectivity index (χ1n) is 9.51. The quantitative estimate of drug-likeness (QED) is 0.343. The molecule has 33 heavy (non-hydrogen) atoms. The molecule has 2 fully saturated rings. The number of esters is 1. The molecule has 0 unspecified atom stereocenters. The molecular formula is C19H16ClF4N3O5S. The van der Waals surface area contributed by atoms with Crippen LogP contribution in [0.25, 0.3) is 0 Å². The van der Waals surface area contributed by atoms with Crippen LogP contribution in [0.2, 0.25) is 5.02 Å². The van der Waals surface area contributed by atoms with Gasteiger partial charge in [-0.15, -0.1) is 0 Å². The molecule has 0 bridgehead atoms. The number of alkyl halides is 3. The van der Waals surface area contributed by atoms with E-state index in [1.165, 1.54) is 0 Å². The minimum atomic E-state index is -4.75. The predicted molar refractivity (Wildman–Crippen MR) is 111 cm³/mol. The number of carbonyl (C=O) groups excluding carboxylic acids is 4. The van der Waals surface area contributed by atoms with Gasteiger partial charge in [-0.05, 0) is 19.1 Å². The number of thioether (sulfide) groups is 1. The molecular weight excluding hydrogens is 494 g/mol. The van der Waals surface area contributed by atoms with E-state index < -0.39 is 66.7 Å². The van der Waals surface area contributed by atoms with Crippen molar-refractivity contribution in [1.82, 2.24) is 4.90 Å². The average Bonchev–Trinajstić information content (AvgIpc) is 3.03. The second-order valence-electron chi connectivity index (χ2n) is 6.99. The number of carbonyl (C=O) groups is 4. The highest BCUT2D eigenvalue weighted by Crippen LogP contribution is 2.40. The summed E-state index contributed by atoms with van der Waals surface area (Å²) in [6.07, 6.45) is -6.78. The SMILES string of the molecule is CCOC(=O)CN1C(=O)CS/C1=N\c1cc(N2C(=O)CC(C(F)(F)F)CC2=O)c(F)cc1Cl. The molecule has 0 atom stereocenters. The van der Waals surface area contributed by atoms with Crippen molar-refractivity contribution < 1.29 is 41.5 Å². The van der Waals surface area contributed by atoms with Gasteiger partial charge in [-0.2, -0.15) is 13.2 Å². The number of imide groups is 1. The average molecular weight is 510 g/mol. The van der Waals surface area contributed by atoms with Gasteiger partial charge in [0.15, 0.2) is 5.17 Å². The fourth-order valence-electron chi connectivity index (χ4n) is 3.18. The summed E-state index contributed by atoms with van der Waals surface area (Å²) in [6, 6.07) is 1.68. The van der Waals surface area contributed by atoms with E-state index in [-0.39, 0.29) is 28.2 Å². The van der Waals surface area contributed by atoms with Crippen LogP contribution in [0, 0.1) is 11.7 Å². The van der Waals surface area contributed by atoms with Crippen LogP contribution in [0.3, 0.4) is 0 Å². The summed E-state index contributed by atoms with van der Waals surface area (Å²) in [5.41, 5.74) is -0.765. The van der Waals surface area contributed by atoms with Gasteiger partial charge in [0.1, 0.15) is 12.4 Å². The number of amides is 3. The van der Waals surface area contributed by atoms with Crippen molar-refractivity contribution in [3.8, 4) is 0 Å². The molecule has 8 nitrogen and oxygen atoms in total. The monoisotopic (exact) mass is 509 g/mol. The van der Waals surface area contributed by atoms with E-state index in [9.17, 15) is 36.7 Å². The van der Waals surface area contributed by atoms with Crippen LogP contribution in [0.4, 0.5) is 28.9 Å². The number of rotatable bonds is 5. The minimum Gasteiger partial charge on any atom is -0.465 e. The molecule has 0 radical (unpaired) electrons. The summed E-state index contributed by atoms with van der Waals surface area (Å²) < 4.78 is 58.2. The van der Waals surface area contributed by atoms with E-state index >= 15 is 0 Å². The lowest BCUT2D eigenvalue weighted by Crippen LogP contribution is -2.47. The van der Waals surface area contributed by atoms with E-state index in [4.69, 9.17) is 16.3 Å². The van der Waals surface area contributed by atoms with Crippen LogP contribution in [0.1, 0.15) is 19.8 Å². The second-order valence-corrected chi connectivity index (χ2v) is 8.34. The number of hydrogen-bond donors (Lipinski definition) is 0. The van der Waals surface area contributed by atoms with E-state index in [2.05, 4.69) is 4.99 Å². The topological polar surface area (TPSA) is 96.3 Å². The van der Waals surface area contributed by atoms with Gasteiger partial charge in [0.25, 0.3) is 0 Å². The van der Waals surface area contributed by atoms with Crippen LogP contribution in [-0.2, 0) is 23.9 Å². The smallest absolute Gasteiger partial charge is 0.392 e. The first-order valence-corrected chi connectivity index (χ1v) is 10.9. The molecule has 2 saturated heterocycles. The highest BCUT2D eigenvalue weighted by Gasteiger charge is 2.48. The molecule has 3 amide bonds. The third kappa shape index (κ3) is 5.46. The van der Waals surface area contributed by atoms with Crippen molar-refractivity contribution in [2.75, 3.05) is 23.8 Å². The number of amidine groups is 1. The molecule has 2 heterocycles.